The van der Waals surface area contributed by atoms with Crippen molar-refractivity contribution in [1.29, 1.82) is 0 Å². The largest absolute Gasteiger partial charge is 0.377 e. The van der Waals surface area contributed by atoms with Gasteiger partial charge in [0.15, 0.2) is 0 Å². The van der Waals surface area contributed by atoms with Crippen molar-refractivity contribution in [3.05, 3.63) is 0 Å². The van der Waals surface area contributed by atoms with E-state index in [0.29, 0.717) is 6.10 Å². The molecule has 3 heteroatoms. The molecule has 100 valence electrons. The lowest BCUT2D eigenvalue weighted by Crippen LogP contribution is -2.27. The van der Waals surface area contributed by atoms with Crippen molar-refractivity contribution in [1.82, 2.24) is 5.32 Å². The fourth-order valence-electron chi connectivity index (χ4n) is 2.91. The second kappa shape index (κ2) is 7.65. The minimum Gasteiger partial charge on any atom is -0.377 e. The molecule has 1 saturated carbocycles. The molecule has 1 saturated heterocycles. The van der Waals surface area contributed by atoms with Crippen LogP contribution >= 0.6 is 11.8 Å². The summed E-state index contributed by atoms with van der Waals surface area (Å²) >= 11 is 2.09. The molecule has 2 nitrogen and oxygen atoms in total. The summed E-state index contributed by atoms with van der Waals surface area (Å²) in [6.45, 7) is 5.59. The van der Waals surface area contributed by atoms with Crippen LogP contribution in [-0.4, -0.2) is 36.8 Å². The van der Waals surface area contributed by atoms with Crippen LogP contribution < -0.4 is 5.32 Å². The quantitative estimate of drug-likeness (QED) is 0.739. The van der Waals surface area contributed by atoms with E-state index in [0.717, 1.165) is 17.8 Å². The Hall–Kier alpha value is 0.270. The molecule has 1 aliphatic carbocycles. The van der Waals surface area contributed by atoms with Gasteiger partial charge in [0.05, 0.1) is 6.10 Å². The molecule has 2 atom stereocenters. The highest BCUT2D eigenvalue weighted by Crippen LogP contribution is 2.26. The van der Waals surface area contributed by atoms with Crippen LogP contribution in [0.4, 0.5) is 0 Å². The molecular weight excluding hydrogens is 230 g/mol. The number of thioether (sulfide) groups is 1. The zero-order chi connectivity index (χ0) is 11.9. The smallest absolute Gasteiger partial charge is 0.0666 e. The molecule has 2 unspecified atom stereocenters. The Kier molecular flexibility index (Phi) is 6.16. The van der Waals surface area contributed by atoms with Gasteiger partial charge < -0.3 is 10.1 Å². The standard InChI is InChI=1S/C14H27NOS/c1-12-14(7-9-16-12)17-10-8-15-11-13-5-3-2-4-6-13/h12-15H,2-11H2,1H3. The Morgan fingerprint density at radius 3 is 2.71 bits per heavy atom. The summed E-state index contributed by atoms with van der Waals surface area (Å²) in [6.07, 6.45) is 9.00. The van der Waals surface area contributed by atoms with Crippen LogP contribution in [0, 0.1) is 5.92 Å². The maximum Gasteiger partial charge on any atom is 0.0666 e. The van der Waals surface area contributed by atoms with E-state index in [2.05, 4.69) is 24.0 Å². The van der Waals surface area contributed by atoms with E-state index in [-0.39, 0.29) is 0 Å². The van der Waals surface area contributed by atoms with Crippen molar-refractivity contribution < 1.29 is 4.74 Å². The fraction of sp³-hybridized carbons (Fsp3) is 1.00. The summed E-state index contributed by atoms with van der Waals surface area (Å²) in [4.78, 5) is 0. The normalized spacial score (nSPS) is 30.9. The highest BCUT2D eigenvalue weighted by Gasteiger charge is 2.23. The van der Waals surface area contributed by atoms with E-state index in [1.807, 2.05) is 0 Å². The van der Waals surface area contributed by atoms with E-state index in [4.69, 9.17) is 4.74 Å². The molecule has 0 aromatic carbocycles. The van der Waals surface area contributed by atoms with Crippen LogP contribution in [0.25, 0.3) is 0 Å². The molecule has 0 aromatic rings. The molecule has 0 amide bonds. The third-order valence-corrected chi connectivity index (χ3v) is 5.56. The highest BCUT2D eigenvalue weighted by molar-refractivity contribution is 8.00. The van der Waals surface area contributed by atoms with Gasteiger partial charge in [-0.3, -0.25) is 0 Å². The summed E-state index contributed by atoms with van der Waals surface area (Å²) in [5.41, 5.74) is 0. The average molecular weight is 257 g/mol. The first kappa shape index (κ1) is 13.7. The number of rotatable bonds is 6. The Morgan fingerprint density at radius 1 is 1.18 bits per heavy atom. The predicted octanol–water partition coefficient (Wildman–Crippen LogP) is 3.07. The van der Waals surface area contributed by atoms with Crippen LogP contribution in [0.1, 0.15) is 45.4 Å². The number of hydrogen-bond acceptors (Lipinski definition) is 3. The Bertz CT molecular complexity index is 206. The summed E-state index contributed by atoms with van der Waals surface area (Å²) in [5.74, 6) is 2.20. The van der Waals surface area contributed by atoms with Gasteiger partial charge in [-0.25, -0.2) is 0 Å². The zero-order valence-corrected chi connectivity index (χ0v) is 11.9. The minimum absolute atomic E-state index is 0.471. The lowest BCUT2D eigenvalue weighted by Gasteiger charge is -2.22. The first-order valence-electron chi connectivity index (χ1n) is 7.30. The van der Waals surface area contributed by atoms with Gasteiger partial charge in [-0.15, -0.1) is 0 Å². The van der Waals surface area contributed by atoms with Gasteiger partial charge in [0.1, 0.15) is 0 Å². The van der Waals surface area contributed by atoms with E-state index in [9.17, 15) is 0 Å². The third-order valence-electron chi connectivity index (χ3n) is 4.08. The van der Waals surface area contributed by atoms with Crippen LogP contribution in [-0.2, 0) is 4.74 Å². The summed E-state index contributed by atoms with van der Waals surface area (Å²) in [7, 11) is 0. The zero-order valence-electron chi connectivity index (χ0n) is 11.1. The molecule has 2 fully saturated rings. The molecular formula is C14H27NOS. The molecule has 0 aromatic heterocycles. The SMILES string of the molecule is CC1OCCC1SCCNCC1CCCCC1. The summed E-state index contributed by atoms with van der Waals surface area (Å²) < 4.78 is 5.58. The third kappa shape index (κ3) is 4.80. The van der Waals surface area contributed by atoms with Gasteiger partial charge in [0.2, 0.25) is 0 Å². The highest BCUT2D eigenvalue weighted by atomic mass is 32.2. The van der Waals surface area contributed by atoms with Crippen LogP contribution in [0.5, 0.6) is 0 Å². The Morgan fingerprint density at radius 2 is 2.00 bits per heavy atom. The molecule has 2 rings (SSSR count). The molecule has 0 radical (unpaired) electrons. The molecule has 0 spiro atoms. The Labute approximate surface area is 110 Å². The topological polar surface area (TPSA) is 21.3 Å². The first-order chi connectivity index (χ1) is 8.36. The van der Waals surface area contributed by atoms with Crippen molar-refractivity contribution in [3.63, 3.8) is 0 Å². The number of nitrogens with one attached hydrogen (secondary N) is 1. The van der Waals surface area contributed by atoms with Crippen molar-refractivity contribution in [3.8, 4) is 0 Å². The van der Waals surface area contributed by atoms with Crippen LogP contribution in [0.3, 0.4) is 0 Å². The fourth-order valence-corrected chi connectivity index (χ4v) is 4.09. The number of ether oxygens (including phenoxy) is 1. The van der Waals surface area contributed by atoms with Gasteiger partial charge in [0, 0.05) is 24.2 Å². The lowest BCUT2D eigenvalue weighted by molar-refractivity contribution is 0.127. The Balaban J connectivity index is 1.45. The summed E-state index contributed by atoms with van der Waals surface area (Å²) in [5, 5.41) is 4.37. The summed E-state index contributed by atoms with van der Waals surface area (Å²) in [6, 6.07) is 0. The van der Waals surface area contributed by atoms with Gasteiger partial charge in [-0.05, 0) is 38.6 Å². The van der Waals surface area contributed by atoms with Gasteiger partial charge in [0.25, 0.3) is 0 Å². The monoisotopic (exact) mass is 257 g/mol. The van der Waals surface area contributed by atoms with E-state index in [1.54, 1.807) is 0 Å². The van der Waals surface area contributed by atoms with Crippen molar-refractivity contribution in [2.24, 2.45) is 5.92 Å². The van der Waals surface area contributed by atoms with Crippen LogP contribution in [0.15, 0.2) is 0 Å². The first-order valence-corrected chi connectivity index (χ1v) is 8.35. The van der Waals surface area contributed by atoms with Crippen molar-refractivity contribution in [2.45, 2.75) is 56.8 Å². The second-order valence-corrected chi connectivity index (χ2v) is 6.83. The molecule has 1 aliphatic heterocycles. The van der Waals surface area contributed by atoms with Gasteiger partial charge in [-0.2, -0.15) is 11.8 Å². The molecule has 2 aliphatic rings. The molecule has 1 N–H and O–H groups in total. The molecule has 0 bridgehead atoms. The van der Waals surface area contributed by atoms with E-state index >= 15 is 0 Å². The molecule has 17 heavy (non-hydrogen) atoms. The predicted molar refractivity (Wildman–Crippen MR) is 75.7 cm³/mol. The maximum atomic E-state index is 5.58. The van der Waals surface area contributed by atoms with E-state index < -0.39 is 0 Å². The average Bonchev–Trinajstić information content (AvgIpc) is 2.76. The second-order valence-electron chi connectivity index (χ2n) is 5.48. The van der Waals surface area contributed by atoms with E-state index in [1.165, 1.54) is 57.4 Å². The van der Waals surface area contributed by atoms with Crippen molar-refractivity contribution >= 4 is 11.8 Å². The molecule has 1 heterocycles. The van der Waals surface area contributed by atoms with Gasteiger partial charge in [-0.1, -0.05) is 19.3 Å². The lowest BCUT2D eigenvalue weighted by atomic mass is 9.89. The van der Waals surface area contributed by atoms with Crippen LogP contribution in [0.2, 0.25) is 0 Å². The van der Waals surface area contributed by atoms with Crippen molar-refractivity contribution in [2.75, 3.05) is 25.4 Å². The number of hydrogen-bond donors (Lipinski definition) is 1. The maximum absolute atomic E-state index is 5.58. The minimum atomic E-state index is 0.471. The van der Waals surface area contributed by atoms with Gasteiger partial charge >= 0.3 is 0 Å².